The first-order valence-corrected chi connectivity index (χ1v) is 5.66. The van der Waals surface area contributed by atoms with Crippen molar-refractivity contribution in [3.63, 3.8) is 0 Å². The van der Waals surface area contributed by atoms with Crippen LogP contribution < -0.4 is 5.32 Å². The van der Waals surface area contributed by atoms with Crippen LogP contribution in [0.3, 0.4) is 0 Å². The molecule has 0 saturated heterocycles. The van der Waals surface area contributed by atoms with Gasteiger partial charge in [-0.1, -0.05) is 30.3 Å². The largest absolute Gasteiger partial charge is 0.480 e. The van der Waals surface area contributed by atoms with E-state index in [2.05, 4.69) is 10.1 Å². The van der Waals surface area contributed by atoms with Crippen molar-refractivity contribution >= 4 is 17.8 Å². The maximum atomic E-state index is 11.7. The van der Waals surface area contributed by atoms with Gasteiger partial charge in [-0.2, -0.15) is 0 Å². The summed E-state index contributed by atoms with van der Waals surface area (Å²) in [5.41, 5.74) is 0.766. The van der Waals surface area contributed by atoms with Gasteiger partial charge in [0.25, 0.3) is 0 Å². The van der Waals surface area contributed by atoms with E-state index in [0.29, 0.717) is 0 Å². The Labute approximate surface area is 110 Å². The van der Waals surface area contributed by atoms with Crippen LogP contribution in [-0.4, -0.2) is 36.1 Å². The molecule has 0 aliphatic rings. The molecule has 2 N–H and O–H groups in total. The van der Waals surface area contributed by atoms with Gasteiger partial charge in [0.2, 0.25) is 5.91 Å². The average molecular weight is 265 g/mol. The number of carbonyl (C=O) groups excluding carboxylic acids is 2. The molecular formula is C13H15NO5. The molecule has 1 unspecified atom stereocenters. The van der Waals surface area contributed by atoms with Crippen LogP contribution in [-0.2, 0) is 25.5 Å². The Hall–Kier alpha value is -2.37. The van der Waals surface area contributed by atoms with E-state index in [1.165, 1.54) is 0 Å². The number of ether oxygens (including phenoxy) is 1. The van der Waals surface area contributed by atoms with Crippen molar-refractivity contribution < 1.29 is 24.2 Å². The zero-order chi connectivity index (χ0) is 14.3. The molecule has 1 aromatic carbocycles. The highest BCUT2D eigenvalue weighted by atomic mass is 16.5. The minimum absolute atomic E-state index is 0.0613. The van der Waals surface area contributed by atoms with Gasteiger partial charge in [0.15, 0.2) is 0 Å². The lowest BCUT2D eigenvalue weighted by molar-refractivity contribution is -0.148. The predicted octanol–water partition coefficient (Wildman–Crippen LogP) is 0.362. The molecule has 0 aliphatic heterocycles. The van der Waals surface area contributed by atoms with Crippen molar-refractivity contribution in [1.29, 1.82) is 0 Å². The summed E-state index contributed by atoms with van der Waals surface area (Å²) in [5.74, 6) is -2.42. The van der Waals surface area contributed by atoms with E-state index in [4.69, 9.17) is 5.11 Å². The molecule has 0 aliphatic carbocycles. The number of carboxylic acids is 1. The van der Waals surface area contributed by atoms with Gasteiger partial charge in [0.05, 0.1) is 20.0 Å². The van der Waals surface area contributed by atoms with Gasteiger partial charge < -0.3 is 15.2 Å². The van der Waals surface area contributed by atoms with E-state index in [9.17, 15) is 14.4 Å². The SMILES string of the molecule is COC(=O)CC(NC(=O)Cc1ccccc1)C(=O)O. The first-order valence-electron chi connectivity index (χ1n) is 5.66. The van der Waals surface area contributed by atoms with E-state index in [0.717, 1.165) is 12.7 Å². The van der Waals surface area contributed by atoms with Crippen molar-refractivity contribution in [2.75, 3.05) is 7.11 Å². The molecule has 1 aromatic rings. The molecule has 0 bridgehead atoms. The summed E-state index contributed by atoms with van der Waals surface area (Å²) in [6.45, 7) is 0. The summed E-state index contributed by atoms with van der Waals surface area (Å²) in [7, 11) is 1.16. The highest BCUT2D eigenvalue weighted by Crippen LogP contribution is 2.01. The molecular weight excluding hydrogens is 250 g/mol. The maximum absolute atomic E-state index is 11.7. The first kappa shape index (κ1) is 14.7. The Balaban J connectivity index is 2.57. The Morgan fingerprint density at radius 3 is 2.42 bits per heavy atom. The Morgan fingerprint density at radius 2 is 1.89 bits per heavy atom. The molecule has 6 heteroatoms. The summed E-state index contributed by atoms with van der Waals surface area (Å²) < 4.78 is 4.38. The number of hydrogen-bond acceptors (Lipinski definition) is 4. The zero-order valence-electron chi connectivity index (χ0n) is 10.5. The fraction of sp³-hybridized carbons (Fsp3) is 0.308. The number of aliphatic carboxylic acids is 1. The topological polar surface area (TPSA) is 92.7 Å². The summed E-state index contributed by atoms with van der Waals surface area (Å²) in [6, 6.07) is 7.63. The van der Waals surface area contributed by atoms with Gasteiger partial charge >= 0.3 is 11.9 Å². The van der Waals surface area contributed by atoms with Crippen LogP contribution >= 0.6 is 0 Å². The van der Waals surface area contributed by atoms with Gasteiger partial charge in [0, 0.05) is 0 Å². The smallest absolute Gasteiger partial charge is 0.326 e. The maximum Gasteiger partial charge on any atom is 0.326 e. The van der Waals surface area contributed by atoms with Crippen LogP contribution in [0.15, 0.2) is 30.3 Å². The summed E-state index contributed by atoms with van der Waals surface area (Å²) in [6.07, 6.45) is -0.335. The quantitative estimate of drug-likeness (QED) is 0.724. The number of hydrogen-bond donors (Lipinski definition) is 2. The molecule has 6 nitrogen and oxygen atoms in total. The van der Waals surface area contributed by atoms with Crippen LogP contribution in [0.1, 0.15) is 12.0 Å². The third kappa shape index (κ3) is 5.20. The molecule has 0 saturated carbocycles. The standard InChI is InChI=1S/C13H15NO5/c1-19-12(16)8-10(13(17)18)14-11(15)7-9-5-3-2-4-6-9/h2-6,10H,7-8H2,1H3,(H,14,15)(H,17,18). The molecule has 0 heterocycles. The first-order chi connectivity index (χ1) is 9.02. The van der Waals surface area contributed by atoms with Gasteiger partial charge in [0.1, 0.15) is 6.04 Å². The summed E-state index contributed by atoms with van der Waals surface area (Å²) in [4.78, 5) is 33.6. The van der Waals surface area contributed by atoms with Crippen LogP contribution in [0.5, 0.6) is 0 Å². The van der Waals surface area contributed by atoms with Crippen LogP contribution in [0, 0.1) is 0 Å². The molecule has 102 valence electrons. The number of carbonyl (C=O) groups is 3. The monoisotopic (exact) mass is 265 g/mol. The van der Waals surface area contributed by atoms with E-state index in [1.807, 2.05) is 6.07 Å². The molecule has 0 aromatic heterocycles. The van der Waals surface area contributed by atoms with Gasteiger partial charge in [-0.15, -0.1) is 0 Å². The summed E-state index contributed by atoms with van der Waals surface area (Å²) in [5, 5.41) is 11.2. The normalized spacial score (nSPS) is 11.4. The number of rotatable bonds is 6. The van der Waals surface area contributed by atoms with Crippen LogP contribution in [0.25, 0.3) is 0 Å². The molecule has 0 fully saturated rings. The molecule has 19 heavy (non-hydrogen) atoms. The minimum atomic E-state index is -1.27. The molecule has 1 atom stereocenters. The summed E-state index contributed by atoms with van der Waals surface area (Å²) >= 11 is 0. The zero-order valence-corrected chi connectivity index (χ0v) is 10.5. The fourth-order valence-corrected chi connectivity index (χ4v) is 1.48. The van der Waals surface area contributed by atoms with E-state index in [-0.39, 0.29) is 6.42 Å². The van der Waals surface area contributed by atoms with Crippen molar-refractivity contribution in [2.45, 2.75) is 18.9 Å². The Bertz CT molecular complexity index is 457. The van der Waals surface area contributed by atoms with Gasteiger partial charge in [-0.25, -0.2) is 4.79 Å². The van der Waals surface area contributed by atoms with E-state index >= 15 is 0 Å². The third-order valence-corrected chi connectivity index (χ3v) is 2.44. The highest BCUT2D eigenvalue weighted by Gasteiger charge is 2.23. The Kier molecular flexibility index (Phi) is 5.53. The van der Waals surface area contributed by atoms with Gasteiger partial charge in [-0.3, -0.25) is 9.59 Å². The van der Waals surface area contributed by atoms with Crippen molar-refractivity contribution in [1.82, 2.24) is 5.32 Å². The van der Waals surface area contributed by atoms with Crippen LogP contribution in [0.4, 0.5) is 0 Å². The van der Waals surface area contributed by atoms with E-state index in [1.54, 1.807) is 24.3 Å². The number of benzene rings is 1. The third-order valence-electron chi connectivity index (χ3n) is 2.44. The lowest BCUT2D eigenvalue weighted by atomic mass is 10.1. The molecule has 1 rings (SSSR count). The second-order valence-electron chi connectivity index (χ2n) is 3.90. The lowest BCUT2D eigenvalue weighted by Crippen LogP contribution is -2.43. The van der Waals surface area contributed by atoms with Gasteiger partial charge in [-0.05, 0) is 5.56 Å². The number of carboxylic acid groups (broad SMARTS) is 1. The second kappa shape index (κ2) is 7.15. The number of esters is 1. The molecule has 0 spiro atoms. The average Bonchev–Trinajstić information content (AvgIpc) is 2.38. The second-order valence-corrected chi connectivity index (χ2v) is 3.90. The highest BCUT2D eigenvalue weighted by molar-refractivity contribution is 5.87. The van der Waals surface area contributed by atoms with Crippen molar-refractivity contribution in [3.8, 4) is 0 Å². The Morgan fingerprint density at radius 1 is 1.26 bits per heavy atom. The fourth-order valence-electron chi connectivity index (χ4n) is 1.48. The number of methoxy groups -OCH3 is 1. The van der Waals surface area contributed by atoms with Crippen molar-refractivity contribution in [2.24, 2.45) is 0 Å². The number of amides is 1. The number of nitrogens with one attached hydrogen (secondary N) is 1. The predicted molar refractivity (Wildman–Crippen MR) is 66.3 cm³/mol. The minimum Gasteiger partial charge on any atom is -0.480 e. The van der Waals surface area contributed by atoms with Crippen molar-refractivity contribution in [3.05, 3.63) is 35.9 Å². The lowest BCUT2D eigenvalue weighted by Gasteiger charge is -2.13. The molecule has 1 amide bonds. The van der Waals surface area contributed by atoms with Crippen LogP contribution in [0.2, 0.25) is 0 Å². The van der Waals surface area contributed by atoms with E-state index < -0.39 is 30.3 Å². The molecule has 0 radical (unpaired) electrons.